The highest BCUT2D eigenvalue weighted by Gasteiger charge is 2.07. The zero-order chi connectivity index (χ0) is 12.3. The first-order chi connectivity index (χ1) is 8.24. The maximum absolute atomic E-state index is 5.78. The van der Waals surface area contributed by atoms with E-state index in [1.807, 2.05) is 24.3 Å². The molecular formula is C14H17NO2. The number of benzene rings is 2. The molecule has 2 N–H and O–H groups in total. The minimum absolute atomic E-state index is 0.277. The van der Waals surface area contributed by atoms with Gasteiger partial charge in [-0.15, -0.1) is 0 Å². The molecule has 17 heavy (non-hydrogen) atoms. The van der Waals surface area contributed by atoms with Crippen molar-refractivity contribution in [3.05, 3.63) is 42.0 Å². The standard InChI is InChI=1S/C14H17NO2/c1-16-13-8-10(9-14(15)17-2)7-11-5-3-4-6-12(11)13/h3-8,14H,9,15H2,1-2H3. The molecule has 0 fully saturated rings. The van der Waals surface area contributed by atoms with Crippen LogP contribution in [0.5, 0.6) is 5.75 Å². The van der Waals surface area contributed by atoms with Crippen LogP contribution >= 0.6 is 0 Å². The Morgan fingerprint density at radius 2 is 1.94 bits per heavy atom. The Labute approximate surface area is 101 Å². The SMILES string of the molecule is COc1cc(CC(N)OC)cc2ccccc12. The Hall–Kier alpha value is -1.58. The van der Waals surface area contributed by atoms with E-state index in [-0.39, 0.29) is 6.23 Å². The fourth-order valence-electron chi connectivity index (χ4n) is 1.94. The summed E-state index contributed by atoms with van der Waals surface area (Å²) < 4.78 is 10.5. The molecule has 0 aliphatic heterocycles. The van der Waals surface area contributed by atoms with Crippen molar-refractivity contribution in [2.45, 2.75) is 12.6 Å². The van der Waals surface area contributed by atoms with Crippen molar-refractivity contribution < 1.29 is 9.47 Å². The number of hydrogen-bond acceptors (Lipinski definition) is 3. The average molecular weight is 231 g/mol. The molecule has 1 atom stereocenters. The van der Waals surface area contributed by atoms with Crippen molar-refractivity contribution in [3.63, 3.8) is 0 Å². The second kappa shape index (κ2) is 5.17. The van der Waals surface area contributed by atoms with Gasteiger partial charge in [-0.2, -0.15) is 0 Å². The first kappa shape index (κ1) is 11.9. The second-order valence-corrected chi connectivity index (χ2v) is 4.00. The average Bonchev–Trinajstić information content (AvgIpc) is 2.37. The van der Waals surface area contributed by atoms with E-state index in [0.29, 0.717) is 6.42 Å². The van der Waals surface area contributed by atoms with Crippen LogP contribution < -0.4 is 10.5 Å². The van der Waals surface area contributed by atoms with Crippen LogP contribution in [0.4, 0.5) is 0 Å². The third-order valence-electron chi connectivity index (χ3n) is 2.84. The van der Waals surface area contributed by atoms with Gasteiger partial charge in [-0.1, -0.05) is 30.3 Å². The molecule has 0 heterocycles. The van der Waals surface area contributed by atoms with Gasteiger partial charge < -0.3 is 15.2 Å². The van der Waals surface area contributed by atoms with Crippen LogP contribution in [-0.2, 0) is 11.2 Å². The van der Waals surface area contributed by atoms with Crippen molar-refractivity contribution >= 4 is 10.8 Å². The lowest BCUT2D eigenvalue weighted by molar-refractivity contribution is 0.109. The normalized spacial score (nSPS) is 12.6. The van der Waals surface area contributed by atoms with Gasteiger partial charge in [-0.05, 0) is 17.0 Å². The van der Waals surface area contributed by atoms with E-state index in [2.05, 4.69) is 12.1 Å². The van der Waals surface area contributed by atoms with E-state index >= 15 is 0 Å². The van der Waals surface area contributed by atoms with E-state index in [0.717, 1.165) is 22.1 Å². The van der Waals surface area contributed by atoms with E-state index in [1.54, 1.807) is 14.2 Å². The quantitative estimate of drug-likeness (QED) is 0.821. The van der Waals surface area contributed by atoms with Crippen LogP contribution in [-0.4, -0.2) is 20.4 Å². The number of nitrogens with two attached hydrogens (primary N) is 1. The van der Waals surface area contributed by atoms with Crippen molar-refractivity contribution in [2.75, 3.05) is 14.2 Å². The molecule has 0 spiro atoms. The molecule has 0 aromatic heterocycles. The largest absolute Gasteiger partial charge is 0.496 e. The summed E-state index contributed by atoms with van der Waals surface area (Å²) >= 11 is 0. The number of methoxy groups -OCH3 is 2. The lowest BCUT2D eigenvalue weighted by Crippen LogP contribution is -2.24. The molecule has 90 valence electrons. The van der Waals surface area contributed by atoms with Crippen LogP contribution in [0.3, 0.4) is 0 Å². The fourth-order valence-corrected chi connectivity index (χ4v) is 1.94. The first-order valence-corrected chi connectivity index (χ1v) is 5.58. The maximum atomic E-state index is 5.78. The Morgan fingerprint density at radius 3 is 2.65 bits per heavy atom. The molecule has 3 heteroatoms. The Morgan fingerprint density at radius 1 is 1.18 bits per heavy atom. The van der Waals surface area contributed by atoms with Gasteiger partial charge in [-0.3, -0.25) is 0 Å². The maximum Gasteiger partial charge on any atom is 0.126 e. The molecule has 0 aliphatic rings. The lowest BCUT2D eigenvalue weighted by atomic mass is 10.0. The predicted molar refractivity (Wildman–Crippen MR) is 69.2 cm³/mol. The van der Waals surface area contributed by atoms with Gasteiger partial charge in [-0.25, -0.2) is 0 Å². The number of fused-ring (bicyclic) bond motifs is 1. The number of rotatable bonds is 4. The lowest BCUT2D eigenvalue weighted by Gasteiger charge is -2.12. The van der Waals surface area contributed by atoms with Crippen LogP contribution in [0, 0.1) is 0 Å². The topological polar surface area (TPSA) is 44.5 Å². The summed E-state index contributed by atoms with van der Waals surface area (Å²) in [5.74, 6) is 0.876. The van der Waals surface area contributed by atoms with Crippen LogP contribution in [0.15, 0.2) is 36.4 Å². The van der Waals surface area contributed by atoms with Gasteiger partial charge in [0.15, 0.2) is 0 Å². The highest BCUT2D eigenvalue weighted by atomic mass is 16.5. The van der Waals surface area contributed by atoms with Gasteiger partial charge in [0, 0.05) is 18.9 Å². The van der Waals surface area contributed by atoms with E-state index in [1.165, 1.54) is 0 Å². The third kappa shape index (κ3) is 2.57. The summed E-state index contributed by atoms with van der Waals surface area (Å²) in [4.78, 5) is 0. The zero-order valence-electron chi connectivity index (χ0n) is 10.1. The van der Waals surface area contributed by atoms with Crippen LogP contribution in [0.1, 0.15) is 5.56 Å². The molecular weight excluding hydrogens is 214 g/mol. The molecule has 0 radical (unpaired) electrons. The molecule has 0 amide bonds. The van der Waals surface area contributed by atoms with E-state index < -0.39 is 0 Å². The van der Waals surface area contributed by atoms with Crippen LogP contribution in [0.25, 0.3) is 10.8 Å². The predicted octanol–water partition coefficient (Wildman–Crippen LogP) is 2.32. The minimum atomic E-state index is -0.277. The Balaban J connectivity index is 2.45. The molecule has 0 aliphatic carbocycles. The number of hydrogen-bond donors (Lipinski definition) is 1. The monoisotopic (exact) mass is 231 g/mol. The molecule has 0 saturated carbocycles. The smallest absolute Gasteiger partial charge is 0.126 e. The summed E-state index contributed by atoms with van der Waals surface area (Å²) in [6.07, 6.45) is 0.401. The summed E-state index contributed by atoms with van der Waals surface area (Å²) in [6.45, 7) is 0. The summed E-state index contributed by atoms with van der Waals surface area (Å²) in [5.41, 5.74) is 6.90. The molecule has 2 aromatic carbocycles. The highest BCUT2D eigenvalue weighted by molar-refractivity contribution is 5.89. The third-order valence-corrected chi connectivity index (χ3v) is 2.84. The second-order valence-electron chi connectivity index (χ2n) is 4.00. The minimum Gasteiger partial charge on any atom is -0.496 e. The van der Waals surface area contributed by atoms with Gasteiger partial charge >= 0.3 is 0 Å². The number of ether oxygens (including phenoxy) is 2. The summed E-state index contributed by atoms with van der Waals surface area (Å²) in [5, 5.41) is 2.27. The van der Waals surface area contributed by atoms with Gasteiger partial charge in [0.25, 0.3) is 0 Å². The molecule has 2 rings (SSSR count). The van der Waals surface area contributed by atoms with Crippen molar-refractivity contribution in [3.8, 4) is 5.75 Å². The van der Waals surface area contributed by atoms with Gasteiger partial charge in [0.2, 0.25) is 0 Å². The Kier molecular flexibility index (Phi) is 3.61. The van der Waals surface area contributed by atoms with Crippen molar-refractivity contribution in [2.24, 2.45) is 5.73 Å². The molecule has 1 unspecified atom stereocenters. The first-order valence-electron chi connectivity index (χ1n) is 5.58. The van der Waals surface area contributed by atoms with Gasteiger partial charge in [0.05, 0.1) is 7.11 Å². The zero-order valence-corrected chi connectivity index (χ0v) is 10.1. The highest BCUT2D eigenvalue weighted by Crippen LogP contribution is 2.27. The molecule has 0 bridgehead atoms. The van der Waals surface area contributed by atoms with E-state index in [9.17, 15) is 0 Å². The van der Waals surface area contributed by atoms with Crippen molar-refractivity contribution in [1.82, 2.24) is 0 Å². The molecule has 3 nitrogen and oxygen atoms in total. The molecule has 2 aromatic rings. The van der Waals surface area contributed by atoms with E-state index in [4.69, 9.17) is 15.2 Å². The molecule has 0 saturated heterocycles. The van der Waals surface area contributed by atoms with Gasteiger partial charge in [0.1, 0.15) is 12.0 Å². The Bertz CT molecular complexity index is 511. The van der Waals surface area contributed by atoms with Crippen molar-refractivity contribution in [1.29, 1.82) is 0 Å². The summed E-state index contributed by atoms with van der Waals surface area (Å²) in [7, 11) is 3.30. The fraction of sp³-hybridized carbons (Fsp3) is 0.286. The summed E-state index contributed by atoms with van der Waals surface area (Å²) in [6, 6.07) is 12.3. The van der Waals surface area contributed by atoms with Crippen LogP contribution in [0.2, 0.25) is 0 Å².